The maximum atomic E-state index is 12.5. The number of hydrogen-bond acceptors (Lipinski definition) is 5. The lowest BCUT2D eigenvalue weighted by Crippen LogP contribution is -2.20. The highest BCUT2D eigenvalue weighted by atomic mass is 16.5. The second-order valence-electron chi connectivity index (χ2n) is 12.9. The van der Waals surface area contributed by atoms with Gasteiger partial charge in [-0.05, 0) is 117 Å². The first-order valence-electron chi connectivity index (χ1n) is 18.8. The van der Waals surface area contributed by atoms with Crippen molar-refractivity contribution in [3.63, 3.8) is 0 Å². The molecule has 0 saturated carbocycles. The van der Waals surface area contributed by atoms with Gasteiger partial charge in [0.1, 0.15) is 6.10 Å². The van der Waals surface area contributed by atoms with E-state index in [1.165, 1.54) is 103 Å². The maximum Gasteiger partial charge on any atom is 0.306 e. The zero-order valence-corrected chi connectivity index (χ0v) is 29.8. The van der Waals surface area contributed by atoms with Crippen LogP contribution in [0.3, 0.4) is 0 Å². The summed E-state index contributed by atoms with van der Waals surface area (Å²) in [5, 5.41) is 0. The van der Waals surface area contributed by atoms with Crippen molar-refractivity contribution in [3.05, 3.63) is 24.3 Å². The van der Waals surface area contributed by atoms with Crippen molar-refractivity contribution in [3.8, 4) is 0 Å². The van der Waals surface area contributed by atoms with Crippen molar-refractivity contribution in [1.29, 1.82) is 0 Å². The number of esters is 2. The number of allylic oxidation sites excluding steroid dienone is 4. The molecule has 0 amide bonds. The minimum Gasteiger partial charge on any atom is -0.466 e. The van der Waals surface area contributed by atoms with Crippen LogP contribution in [0.1, 0.15) is 181 Å². The zero-order chi connectivity index (χ0) is 32.4. The number of hydrogen-bond donors (Lipinski definition) is 0. The molecular weight excluding hydrogens is 546 g/mol. The molecule has 0 rings (SSSR count). The standard InChI is InChI=1S/C39H73NO4/c1-5-7-8-9-10-11-12-13-16-19-22-25-28-32-37(44-39(42)35-31-36-40(3)4)33-29-26-23-20-17-14-15-18-21-24-27-30-34-38(41)43-6-2/h10-11,18,21,37H,5-9,12-17,19-20,22-36H2,1-4H3/b11-10-,21-18-. The van der Waals surface area contributed by atoms with Crippen LogP contribution in [0.4, 0.5) is 0 Å². The Morgan fingerprint density at radius 2 is 0.977 bits per heavy atom. The van der Waals surface area contributed by atoms with Gasteiger partial charge in [-0.3, -0.25) is 9.59 Å². The Labute approximate surface area is 274 Å². The number of carbonyl (C=O) groups excluding carboxylic acids is 2. The molecular formula is C39H73NO4. The first kappa shape index (κ1) is 42.4. The van der Waals surface area contributed by atoms with Crippen molar-refractivity contribution >= 4 is 11.9 Å². The summed E-state index contributed by atoms with van der Waals surface area (Å²) in [7, 11) is 4.10. The summed E-state index contributed by atoms with van der Waals surface area (Å²) >= 11 is 0. The van der Waals surface area contributed by atoms with Crippen LogP contribution in [-0.2, 0) is 19.1 Å². The van der Waals surface area contributed by atoms with Crippen LogP contribution in [0.15, 0.2) is 24.3 Å². The Bertz CT molecular complexity index is 688. The molecule has 0 aliphatic heterocycles. The van der Waals surface area contributed by atoms with Crippen LogP contribution in [0, 0.1) is 0 Å². The third-order valence-electron chi connectivity index (χ3n) is 8.19. The fourth-order valence-electron chi connectivity index (χ4n) is 5.48. The van der Waals surface area contributed by atoms with E-state index in [1.54, 1.807) is 0 Å². The molecule has 0 aromatic carbocycles. The lowest BCUT2D eigenvalue weighted by molar-refractivity contribution is -0.150. The molecule has 0 spiro atoms. The van der Waals surface area contributed by atoms with Crippen LogP contribution in [0.25, 0.3) is 0 Å². The Balaban J connectivity index is 3.99. The summed E-state index contributed by atoms with van der Waals surface area (Å²) in [6.45, 7) is 5.52. The molecule has 0 radical (unpaired) electrons. The van der Waals surface area contributed by atoms with Gasteiger partial charge in [0, 0.05) is 12.8 Å². The highest BCUT2D eigenvalue weighted by molar-refractivity contribution is 5.69. The Kier molecular flexibility index (Phi) is 33.0. The van der Waals surface area contributed by atoms with Crippen molar-refractivity contribution < 1.29 is 19.1 Å². The van der Waals surface area contributed by atoms with Crippen molar-refractivity contribution in [1.82, 2.24) is 4.90 Å². The second kappa shape index (κ2) is 34.3. The third kappa shape index (κ3) is 33.3. The van der Waals surface area contributed by atoms with Gasteiger partial charge in [-0.15, -0.1) is 0 Å². The van der Waals surface area contributed by atoms with Gasteiger partial charge in [-0.25, -0.2) is 0 Å². The van der Waals surface area contributed by atoms with Gasteiger partial charge in [0.05, 0.1) is 6.61 Å². The molecule has 5 nitrogen and oxygen atoms in total. The Morgan fingerprint density at radius 1 is 0.545 bits per heavy atom. The topological polar surface area (TPSA) is 55.8 Å². The van der Waals surface area contributed by atoms with E-state index in [9.17, 15) is 9.59 Å². The molecule has 0 N–H and O–H groups in total. The second-order valence-corrected chi connectivity index (χ2v) is 12.9. The minimum atomic E-state index is -0.0724. The lowest BCUT2D eigenvalue weighted by atomic mass is 10.0. The van der Waals surface area contributed by atoms with E-state index in [0.717, 1.165) is 57.9 Å². The molecule has 0 aliphatic rings. The summed E-state index contributed by atoms with van der Waals surface area (Å²) in [4.78, 5) is 25.9. The van der Waals surface area contributed by atoms with Crippen molar-refractivity contribution in [2.75, 3.05) is 27.2 Å². The number of nitrogens with zero attached hydrogens (tertiary/aromatic N) is 1. The van der Waals surface area contributed by atoms with E-state index in [1.807, 2.05) is 6.92 Å². The van der Waals surface area contributed by atoms with E-state index in [4.69, 9.17) is 9.47 Å². The molecule has 5 heteroatoms. The van der Waals surface area contributed by atoms with Crippen LogP contribution in [0.5, 0.6) is 0 Å². The van der Waals surface area contributed by atoms with E-state index in [2.05, 4.69) is 50.2 Å². The van der Waals surface area contributed by atoms with E-state index in [-0.39, 0.29) is 18.0 Å². The van der Waals surface area contributed by atoms with Gasteiger partial charge >= 0.3 is 11.9 Å². The number of ether oxygens (including phenoxy) is 2. The molecule has 1 atom stereocenters. The van der Waals surface area contributed by atoms with Crippen LogP contribution < -0.4 is 0 Å². The fourth-order valence-corrected chi connectivity index (χ4v) is 5.48. The summed E-state index contributed by atoms with van der Waals surface area (Å²) in [5.41, 5.74) is 0. The SMILES string of the molecule is CCCCC/C=C\CCCCCCCCC(CCCCCCCC/C=C\CCCCC(=O)OCC)OC(=O)CCCN(C)C. The van der Waals surface area contributed by atoms with Crippen LogP contribution in [-0.4, -0.2) is 50.2 Å². The maximum absolute atomic E-state index is 12.5. The molecule has 0 aromatic rings. The Morgan fingerprint density at radius 3 is 1.45 bits per heavy atom. The summed E-state index contributed by atoms with van der Waals surface area (Å²) in [5.74, 6) is -0.0802. The fraction of sp³-hybridized carbons (Fsp3) is 0.846. The van der Waals surface area contributed by atoms with Crippen molar-refractivity contribution in [2.24, 2.45) is 0 Å². The molecule has 1 unspecified atom stereocenters. The monoisotopic (exact) mass is 620 g/mol. The lowest BCUT2D eigenvalue weighted by Gasteiger charge is -2.18. The normalized spacial score (nSPS) is 12.5. The summed E-state index contributed by atoms with van der Waals surface area (Å²) < 4.78 is 10.9. The molecule has 0 aromatic heterocycles. The zero-order valence-electron chi connectivity index (χ0n) is 29.8. The smallest absolute Gasteiger partial charge is 0.306 e. The molecule has 0 saturated heterocycles. The number of unbranched alkanes of at least 4 members (excludes halogenated alkanes) is 17. The first-order valence-corrected chi connectivity index (χ1v) is 18.8. The van der Waals surface area contributed by atoms with Crippen molar-refractivity contribution in [2.45, 2.75) is 187 Å². The van der Waals surface area contributed by atoms with Gasteiger partial charge in [0.25, 0.3) is 0 Å². The predicted octanol–water partition coefficient (Wildman–Crippen LogP) is 11.3. The van der Waals surface area contributed by atoms with Gasteiger partial charge in [-0.2, -0.15) is 0 Å². The summed E-state index contributed by atoms with van der Waals surface area (Å²) in [6, 6.07) is 0. The van der Waals surface area contributed by atoms with E-state index >= 15 is 0 Å². The number of rotatable bonds is 33. The molecule has 0 aliphatic carbocycles. The molecule has 0 fully saturated rings. The van der Waals surface area contributed by atoms with Gasteiger partial charge in [0.15, 0.2) is 0 Å². The molecule has 258 valence electrons. The molecule has 0 heterocycles. The minimum absolute atomic E-state index is 0.00773. The van der Waals surface area contributed by atoms with Gasteiger partial charge in [0.2, 0.25) is 0 Å². The third-order valence-corrected chi connectivity index (χ3v) is 8.19. The average Bonchev–Trinajstić information content (AvgIpc) is 2.99. The van der Waals surface area contributed by atoms with E-state index in [0.29, 0.717) is 19.4 Å². The Hall–Kier alpha value is -1.62. The van der Waals surface area contributed by atoms with E-state index < -0.39 is 0 Å². The number of carbonyl (C=O) groups is 2. The first-order chi connectivity index (χ1) is 21.5. The quantitative estimate of drug-likeness (QED) is 0.0415. The van der Waals surface area contributed by atoms with Gasteiger partial charge < -0.3 is 14.4 Å². The van der Waals surface area contributed by atoms with Crippen LogP contribution >= 0.6 is 0 Å². The molecule has 44 heavy (non-hydrogen) atoms. The van der Waals surface area contributed by atoms with Gasteiger partial charge in [-0.1, -0.05) is 95.4 Å². The highest BCUT2D eigenvalue weighted by Gasteiger charge is 2.14. The van der Waals surface area contributed by atoms with Crippen LogP contribution in [0.2, 0.25) is 0 Å². The summed E-state index contributed by atoms with van der Waals surface area (Å²) in [6.07, 6.45) is 39.2. The molecule has 0 bridgehead atoms. The largest absolute Gasteiger partial charge is 0.466 e. The predicted molar refractivity (Wildman–Crippen MR) is 189 cm³/mol. The average molecular weight is 620 g/mol. The highest BCUT2D eigenvalue weighted by Crippen LogP contribution is 2.18.